The molecule has 12 heteroatoms. The maximum atomic E-state index is 13.9. The summed E-state index contributed by atoms with van der Waals surface area (Å²) in [6, 6.07) is 5.59. The van der Waals surface area contributed by atoms with E-state index in [1.54, 1.807) is 16.5 Å². The SMILES string of the molecule is CC(C[C@@H](CC(=O)NC1CCC1)NC(=O)c1cc(-c2ccccc2C(F)(F)F)n(C2CCCC2)n1)N1CCC(F)(F)C1. The van der Waals surface area contributed by atoms with Gasteiger partial charge >= 0.3 is 6.18 Å². The van der Waals surface area contributed by atoms with E-state index in [9.17, 15) is 31.5 Å². The number of likely N-dealkylation sites (tertiary alicyclic amines) is 1. The van der Waals surface area contributed by atoms with E-state index in [0.29, 0.717) is 0 Å². The van der Waals surface area contributed by atoms with Crippen molar-refractivity contribution in [2.45, 2.75) is 107 Å². The quantitative estimate of drug-likeness (QED) is 0.332. The first-order chi connectivity index (χ1) is 19.9. The summed E-state index contributed by atoms with van der Waals surface area (Å²) < 4.78 is 71.1. The average Bonchev–Trinajstić information content (AvgIpc) is 3.65. The molecule has 0 spiro atoms. The van der Waals surface area contributed by atoms with Gasteiger partial charge in [0, 0.05) is 43.1 Å². The second-order valence-electron chi connectivity index (χ2n) is 12.1. The Kier molecular flexibility index (Phi) is 8.91. The van der Waals surface area contributed by atoms with Gasteiger partial charge in [0.05, 0.1) is 23.8 Å². The van der Waals surface area contributed by atoms with Crippen LogP contribution in [0, 0.1) is 0 Å². The number of nitrogens with one attached hydrogen (secondary N) is 2. The molecule has 3 fully saturated rings. The van der Waals surface area contributed by atoms with Crippen molar-refractivity contribution in [3.05, 3.63) is 41.6 Å². The normalized spacial score (nSPS) is 21.2. The fourth-order valence-electron chi connectivity index (χ4n) is 6.30. The Hall–Kier alpha value is -3.02. The zero-order valence-corrected chi connectivity index (χ0v) is 23.7. The van der Waals surface area contributed by atoms with Gasteiger partial charge in [0.15, 0.2) is 5.69 Å². The molecule has 2 atom stereocenters. The van der Waals surface area contributed by atoms with Gasteiger partial charge in [-0.05, 0) is 57.6 Å². The first-order valence-electron chi connectivity index (χ1n) is 14.9. The molecule has 42 heavy (non-hydrogen) atoms. The van der Waals surface area contributed by atoms with Crippen molar-refractivity contribution in [1.29, 1.82) is 0 Å². The van der Waals surface area contributed by atoms with E-state index >= 15 is 0 Å². The molecule has 5 rings (SSSR count). The molecule has 230 valence electrons. The third kappa shape index (κ3) is 7.12. The van der Waals surface area contributed by atoms with Gasteiger partial charge in [-0.1, -0.05) is 31.0 Å². The summed E-state index contributed by atoms with van der Waals surface area (Å²) >= 11 is 0. The van der Waals surface area contributed by atoms with Crippen molar-refractivity contribution in [2.75, 3.05) is 13.1 Å². The summed E-state index contributed by atoms with van der Waals surface area (Å²) in [6.45, 7) is 1.64. The molecule has 3 aliphatic rings. The number of benzene rings is 1. The summed E-state index contributed by atoms with van der Waals surface area (Å²) in [5.74, 6) is -3.62. The van der Waals surface area contributed by atoms with Gasteiger partial charge in [-0.2, -0.15) is 18.3 Å². The molecule has 2 aromatic rings. The largest absolute Gasteiger partial charge is 0.417 e. The molecule has 2 amide bonds. The summed E-state index contributed by atoms with van der Waals surface area (Å²) in [5, 5.41) is 10.3. The predicted molar refractivity (Wildman–Crippen MR) is 147 cm³/mol. The van der Waals surface area contributed by atoms with Crippen LogP contribution in [0.15, 0.2) is 30.3 Å². The van der Waals surface area contributed by atoms with Crippen LogP contribution in [0.5, 0.6) is 0 Å². The second kappa shape index (κ2) is 12.3. The first kappa shape index (κ1) is 30.4. The van der Waals surface area contributed by atoms with Crippen LogP contribution in [-0.2, 0) is 11.0 Å². The number of carbonyl (C=O) groups is 2. The minimum Gasteiger partial charge on any atom is -0.353 e. The van der Waals surface area contributed by atoms with Gasteiger partial charge in [0.25, 0.3) is 11.8 Å². The van der Waals surface area contributed by atoms with E-state index in [2.05, 4.69) is 15.7 Å². The van der Waals surface area contributed by atoms with E-state index in [1.807, 2.05) is 0 Å². The number of amides is 2. The maximum absolute atomic E-state index is 13.9. The molecular formula is C30H38F5N5O2. The third-order valence-corrected chi connectivity index (χ3v) is 8.83. The molecule has 2 N–H and O–H groups in total. The van der Waals surface area contributed by atoms with Gasteiger partial charge < -0.3 is 10.6 Å². The minimum absolute atomic E-state index is 0.0378. The minimum atomic E-state index is -4.59. The van der Waals surface area contributed by atoms with Crippen molar-refractivity contribution < 1.29 is 31.5 Å². The molecule has 0 bridgehead atoms. The molecule has 7 nitrogen and oxygen atoms in total. The van der Waals surface area contributed by atoms with E-state index in [1.165, 1.54) is 24.3 Å². The number of halogens is 5. The molecule has 1 saturated heterocycles. The standard InChI is InChI=1S/C30H38F5N5O2/c1-19(39-14-13-29(31,32)18-39)15-21(16-27(41)36-20-7-6-8-20)37-28(42)25-17-26(40(38-25)22-9-2-3-10-22)23-11-4-5-12-24(23)30(33,34)35/h4-5,11-12,17,19-22H,2-3,6-10,13-16,18H2,1H3,(H,36,41)(H,37,42)/t19?,21-/m0/s1. The van der Waals surface area contributed by atoms with Crippen LogP contribution in [0.2, 0.25) is 0 Å². The molecular weight excluding hydrogens is 557 g/mol. The molecule has 2 aliphatic carbocycles. The fraction of sp³-hybridized carbons (Fsp3) is 0.633. The first-order valence-corrected chi connectivity index (χ1v) is 14.9. The van der Waals surface area contributed by atoms with Gasteiger partial charge in [-0.15, -0.1) is 0 Å². The van der Waals surface area contributed by atoms with Crippen LogP contribution in [0.4, 0.5) is 22.0 Å². The Labute approximate surface area is 242 Å². The molecule has 0 radical (unpaired) electrons. The van der Waals surface area contributed by atoms with Gasteiger partial charge in [0.2, 0.25) is 5.91 Å². The van der Waals surface area contributed by atoms with Crippen molar-refractivity contribution in [3.8, 4) is 11.3 Å². The molecule has 1 aliphatic heterocycles. The lowest BCUT2D eigenvalue weighted by atomic mass is 9.93. The predicted octanol–water partition coefficient (Wildman–Crippen LogP) is 5.96. The number of carbonyl (C=O) groups excluding carboxylic acids is 2. The zero-order chi connectivity index (χ0) is 30.1. The number of alkyl halides is 5. The van der Waals surface area contributed by atoms with Crippen molar-refractivity contribution in [2.24, 2.45) is 0 Å². The van der Waals surface area contributed by atoms with Gasteiger partial charge in [-0.3, -0.25) is 19.2 Å². The molecule has 1 aromatic carbocycles. The summed E-state index contributed by atoms with van der Waals surface area (Å²) in [7, 11) is 0. The average molecular weight is 596 g/mol. The highest BCUT2D eigenvalue weighted by Gasteiger charge is 2.40. The summed E-state index contributed by atoms with van der Waals surface area (Å²) in [6.07, 6.45) is 1.52. The number of rotatable bonds is 10. The number of aromatic nitrogens is 2. The van der Waals surface area contributed by atoms with Gasteiger partial charge in [-0.25, -0.2) is 8.78 Å². The Bertz CT molecular complexity index is 1270. The summed E-state index contributed by atoms with van der Waals surface area (Å²) in [4.78, 5) is 28.0. The number of hydrogen-bond acceptors (Lipinski definition) is 4. The second-order valence-corrected chi connectivity index (χ2v) is 12.1. The number of hydrogen-bond donors (Lipinski definition) is 2. The number of nitrogens with zero attached hydrogens (tertiary/aromatic N) is 3. The zero-order valence-electron chi connectivity index (χ0n) is 23.7. The maximum Gasteiger partial charge on any atom is 0.417 e. The Balaban J connectivity index is 1.39. The lowest BCUT2D eigenvalue weighted by Gasteiger charge is -2.30. The Morgan fingerprint density at radius 3 is 2.43 bits per heavy atom. The van der Waals surface area contributed by atoms with E-state index in [4.69, 9.17) is 0 Å². The van der Waals surface area contributed by atoms with Gasteiger partial charge in [0.1, 0.15) is 0 Å². The molecule has 1 aromatic heterocycles. The summed E-state index contributed by atoms with van der Waals surface area (Å²) in [5.41, 5.74) is -0.688. The van der Waals surface area contributed by atoms with Crippen molar-refractivity contribution >= 4 is 11.8 Å². The van der Waals surface area contributed by atoms with Crippen LogP contribution >= 0.6 is 0 Å². The van der Waals surface area contributed by atoms with E-state index in [-0.39, 0.29) is 73.3 Å². The topological polar surface area (TPSA) is 79.3 Å². The highest BCUT2D eigenvalue weighted by Crippen LogP contribution is 2.40. The Morgan fingerprint density at radius 1 is 1.10 bits per heavy atom. The van der Waals surface area contributed by atoms with Crippen LogP contribution in [0.3, 0.4) is 0 Å². The van der Waals surface area contributed by atoms with E-state index in [0.717, 1.165) is 51.0 Å². The lowest BCUT2D eigenvalue weighted by Crippen LogP contribution is -2.46. The van der Waals surface area contributed by atoms with Crippen LogP contribution in [-0.4, -0.2) is 63.6 Å². The molecule has 2 heterocycles. The molecule has 1 unspecified atom stereocenters. The monoisotopic (exact) mass is 595 g/mol. The third-order valence-electron chi connectivity index (χ3n) is 8.83. The molecule has 2 saturated carbocycles. The fourth-order valence-corrected chi connectivity index (χ4v) is 6.30. The van der Waals surface area contributed by atoms with E-state index < -0.39 is 29.6 Å². The van der Waals surface area contributed by atoms with Crippen LogP contribution in [0.25, 0.3) is 11.3 Å². The van der Waals surface area contributed by atoms with Crippen molar-refractivity contribution in [1.82, 2.24) is 25.3 Å². The van der Waals surface area contributed by atoms with Crippen LogP contribution < -0.4 is 10.6 Å². The lowest BCUT2D eigenvalue weighted by molar-refractivity contribution is -0.137. The highest BCUT2D eigenvalue weighted by molar-refractivity contribution is 5.94. The van der Waals surface area contributed by atoms with Crippen LogP contribution in [0.1, 0.15) is 93.2 Å². The Morgan fingerprint density at radius 2 is 1.81 bits per heavy atom. The van der Waals surface area contributed by atoms with Crippen molar-refractivity contribution in [3.63, 3.8) is 0 Å². The smallest absolute Gasteiger partial charge is 0.353 e. The highest BCUT2D eigenvalue weighted by atomic mass is 19.4.